The van der Waals surface area contributed by atoms with Gasteiger partial charge < -0.3 is 14.6 Å². The minimum Gasteiger partial charge on any atom is -0.378 e. The number of hydrogen-bond acceptors (Lipinski definition) is 4. The van der Waals surface area contributed by atoms with E-state index in [1.165, 1.54) is 19.3 Å². The Morgan fingerprint density at radius 1 is 1.36 bits per heavy atom. The molecule has 2 aliphatic carbocycles. The van der Waals surface area contributed by atoms with Crippen molar-refractivity contribution in [2.75, 3.05) is 6.61 Å². The summed E-state index contributed by atoms with van der Waals surface area (Å²) < 4.78 is 11.0. The van der Waals surface area contributed by atoms with Gasteiger partial charge in [-0.15, -0.1) is 0 Å². The third-order valence-electron chi connectivity index (χ3n) is 5.50. The number of nitrogens with one attached hydrogen (secondary N) is 1. The van der Waals surface area contributed by atoms with E-state index in [4.69, 9.17) is 9.26 Å². The van der Waals surface area contributed by atoms with Crippen molar-refractivity contribution in [2.45, 2.75) is 71.4 Å². The van der Waals surface area contributed by atoms with E-state index in [-0.39, 0.29) is 17.4 Å². The summed E-state index contributed by atoms with van der Waals surface area (Å²) >= 11 is 0. The van der Waals surface area contributed by atoms with Crippen LogP contribution >= 0.6 is 0 Å². The number of carbonyl (C=O) groups is 1. The predicted octanol–water partition coefficient (Wildman–Crippen LogP) is 3.15. The molecular formula is C17H26N2O3. The van der Waals surface area contributed by atoms with Gasteiger partial charge in [-0.05, 0) is 40.0 Å². The van der Waals surface area contributed by atoms with Crippen molar-refractivity contribution in [1.29, 1.82) is 0 Å². The first-order valence-corrected chi connectivity index (χ1v) is 8.44. The standard InChI is InChI=1S/C17H26N2O3/c1-4-21-14-10-13(17(14)8-6-5-7-9-17)18-16(20)15-11(2)19-22-12(15)3/h13-14H,4-10H2,1-3H3,(H,18,20)/t13-,14+/m1/s1. The molecule has 5 nitrogen and oxygen atoms in total. The quantitative estimate of drug-likeness (QED) is 0.928. The normalized spacial score (nSPS) is 26.7. The minimum absolute atomic E-state index is 0.0545. The zero-order valence-electron chi connectivity index (χ0n) is 13.8. The lowest BCUT2D eigenvalue weighted by Gasteiger charge is -2.57. The van der Waals surface area contributed by atoms with E-state index in [1.807, 2.05) is 13.8 Å². The van der Waals surface area contributed by atoms with Crippen molar-refractivity contribution < 1.29 is 14.1 Å². The lowest BCUT2D eigenvalue weighted by Crippen LogP contribution is -2.65. The lowest BCUT2D eigenvalue weighted by molar-refractivity contribution is -0.146. The molecule has 0 bridgehead atoms. The molecule has 2 fully saturated rings. The van der Waals surface area contributed by atoms with E-state index in [0.29, 0.717) is 23.1 Å². The Morgan fingerprint density at radius 3 is 2.68 bits per heavy atom. The average molecular weight is 306 g/mol. The Morgan fingerprint density at radius 2 is 2.09 bits per heavy atom. The van der Waals surface area contributed by atoms with Crippen LogP contribution in [0.5, 0.6) is 0 Å². The van der Waals surface area contributed by atoms with Crippen LogP contribution in [0.1, 0.15) is 67.3 Å². The Balaban J connectivity index is 1.73. The predicted molar refractivity (Wildman–Crippen MR) is 82.8 cm³/mol. The Hall–Kier alpha value is -1.36. The fourth-order valence-corrected chi connectivity index (χ4v) is 4.30. The maximum absolute atomic E-state index is 12.6. The van der Waals surface area contributed by atoms with Gasteiger partial charge in [0, 0.05) is 18.1 Å². The highest BCUT2D eigenvalue weighted by molar-refractivity contribution is 5.96. The Kier molecular flexibility index (Phi) is 4.26. The molecule has 0 unspecified atom stereocenters. The SMILES string of the molecule is CCO[C@H]1C[C@@H](NC(=O)c2c(C)noc2C)C12CCCCC2. The van der Waals surface area contributed by atoms with Gasteiger partial charge in [-0.2, -0.15) is 0 Å². The topological polar surface area (TPSA) is 64.4 Å². The van der Waals surface area contributed by atoms with Crippen LogP contribution in [0.2, 0.25) is 0 Å². The van der Waals surface area contributed by atoms with Crippen molar-refractivity contribution in [3.05, 3.63) is 17.0 Å². The zero-order chi connectivity index (χ0) is 15.7. The number of aryl methyl sites for hydroxylation is 2. The molecule has 1 aromatic rings. The molecule has 2 aliphatic rings. The van der Waals surface area contributed by atoms with Gasteiger partial charge in [-0.3, -0.25) is 4.79 Å². The number of nitrogens with zero attached hydrogens (tertiary/aromatic N) is 1. The number of carbonyl (C=O) groups excluding carboxylic acids is 1. The molecule has 0 aromatic carbocycles. The van der Waals surface area contributed by atoms with Crippen molar-refractivity contribution in [2.24, 2.45) is 5.41 Å². The molecule has 1 amide bonds. The minimum atomic E-state index is -0.0545. The van der Waals surface area contributed by atoms with E-state index in [0.717, 1.165) is 25.9 Å². The van der Waals surface area contributed by atoms with Crippen molar-refractivity contribution in [3.63, 3.8) is 0 Å². The molecular weight excluding hydrogens is 280 g/mol. The van der Waals surface area contributed by atoms with Gasteiger partial charge in [-0.1, -0.05) is 24.4 Å². The highest BCUT2D eigenvalue weighted by Gasteiger charge is 2.56. The van der Waals surface area contributed by atoms with Gasteiger partial charge in [-0.25, -0.2) is 0 Å². The number of ether oxygens (including phenoxy) is 1. The van der Waals surface area contributed by atoms with Crippen molar-refractivity contribution >= 4 is 5.91 Å². The van der Waals surface area contributed by atoms with E-state index >= 15 is 0 Å². The molecule has 2 atom stereocenters. The molecule has 1 N–H and O–H groups in total. The molecule has 3 rings (SSSR count). The largest absolute Gasteiger partial charge is 0.378 e. The highest BCUT2D eigenvalue weighted by atomic mass is 16.5. The molecule has 1 heterocycles. The third kappa shape index (κ3) is 2.45. The molecule has 122 valence electrons. The highest BCUT2D eigenvalue weighted by Crippen LogP contribution is 2.53. The summed E-state index contributed by atoms with van der Waals surface area (Å²) in [6.45, 7) is 6.39. The molecule has 0 aliphatic heterocycles. The van der Waals surface area contributed by atoms with E-state index in [9.17, 15) is 4.79 Å². The smallest absolute Gasteiger partial charge is 0.257 e. The van der Waals surface area contributed by atoms with Crippen LogP contribution in [0.3, 0.4) is 0 Å². The van der Waals surface area contributed by atoms with Crippen LogP contribution in [0, 0.1) is 19.3 Å². The van der Waals surface area contributed by atoms with Crippen molar-refractivity contribution in [3.8, 4) is 0 Å². The number of amides is 1. The monoisotopic (exact) mass is 306 g/mol. The average Bonchev–Trinajstić information content (AvgIpc) is 2.86. The second-order valence-electron chi connectivity index (χ2n) is 6.70. The molecule has 2 saturated carbocycles. The molecule has 1 aromatic heterocycles. The molecule has 1 spiro atoms. The number of rotatable bonds is 4. The van der Waals surface area contributed by atoms with E-state index in [1.54, 1.807) is 6.92 Å². The fraction of sp³-hybridized carbons (Fsp3) is 0.765. The Labute approximate surface area is 131 Å². The maximum atomic E-state index is 12.6. The number of aromatic nitrogens is 1. The van der Waals surface area contributed by atoms with Crippen LogP contribution in [0.15, 0.2) is 4.52 Å². The summed E-state index contributed by atoms with van der Waals surface area (Å²) in [5.41, 5.74) is 1.39. The first-order chi connectivity index (χ1) is 10.6. The second-order valence-corrected chi connectivity index (χ2v) is 6.70. The number of hydrogen-bond donors (Lipinski definition) is 1. The van der Waals surface area contributed by atoms with Crippen LogP contribution in [-0.4, -0.2) is 29.8 Å². The summed E-state index contributed by atoms with van der Waals surface area (Å²) in [4.78, 5) is 12.6. The van der Waals surface area contributed by atoms with E-state index in [2.05, 4.69) is 10.5 Å². The lowest BCUT2D eigenvalue weighted by atomic mass is 9.55. The van der Waals surface area contributed by atoms with Crippen LogP contribution in [0.4, 0.5) is 0 Å². The van der Waals surface area contributed by atoms with Gasteiger partial charge in [0.2, 0.25) is 0 Å². The third-order valence-corrected chi connectivity index (χ3v) is 5.50. The van der Waals surface area contributed by atoms with Gasteiger partial charge in [0.1, 0.15) is 11.3 Å². The van der Waals surface area contributed by atoms with Gasteiger partial charge in [0.05, 0.1) is 11.8 Å². The molecule has 0 saturated heterocycles. The summed E-state index contributed by atoms with van der Waals surface area (Å²) in [7, 11) is 0. The second kappa shape index (κ2) is 6.03. The van der Waals surface area contributed by atoms with Crippen LogP contribution in [-0.2, 0) is 4.74 Å². The first kappa shape index (κ1) is 15.5. The van der Waals surface area contributed by atoms with Gasteiger partial charge in [0.25, 0.3) is 5.91 Å². The van der Waals surface area contributed by atoms with Crippen LogP contribution in [0.25, 0.3) is 0 Å². The first-order valence-electron chi connectivity index (χ1n) is 8.44. The summed E-state index contributed by atoms with van der Waals surface area (Å²) in [5.74, 6) is 0.537. The molecule has 0 radical (unpaired) electrons. The maximum Gasteiger partial charge on any atom is 0.257 e. The van der Waals surface area contributed by atoms with Crippen LogP contribution < -0.4 is 5.32 Å². The summed E-state index contributed by atoms with van der Waals surface area (Å²) in [5, 5.41) is 7.11. The Bertz CT molecular complexity index is 527. The summed E-state index contributed by atoms with van der Waals surface area (Å²) in [6, 6.07) is 0.213. The van der Waals surface area contributed by atoms with Gasteiger partial charge >= 0.3 is 0 Å². The fourth-order valence-electron chi connectivity index (χ4n) is 4.30. The van der Waals surface area contributed by atoms with E-state index < -0.39 is 0 Å². The summed E-state index contributed by atoms with van der Waals surface area (Å²) in [6.07, 6.45) is 7.30. The molecule has 22 heavy (non-hydrogen) atoms. The molecule has 5 heteroatoms. The van der Waals surface area contributed by atoms with Gasteiger partial charge in [0.15, 0.2) is 0 Å². The zero-order valence-corrected chi connectivity index (χ0v) is 13.8. The van der Waals surface area contributed by atoms with Crippen molar-refractivity contribution in [1.82, 2.24) is 10.5 Å².